The smallest absolute Gasteiger partial charge is 0.291 e. The summed E-state index contributed by atoms with van der Waals surface area (Å²) in [6.07, 6.45) is 1.52. The van der Waals surface area contributed by atoms with Gasteiger partial charge in [0.25, 0.3) is 11.8 Å². The summed E-state index contributed by atoms with van der Waals surface area (Å²) in [4.78, 5) is 24.3. The molecule has 3 rings (SSSR count). The zero-order chi connectivity index (χ0) is 20.3. The van der Waals surface area contributed by atoms with E-state index in [0.29, 0.717) is 21.6 Å². The molecular weight excluding hydrogens is 407 g/mol. The minimum atomic E-state index is -0.523. The Balaban J connectivity index is 1.68. The SMILES string of the molecule is CNC(=O)c1nn(C)cc1NC(=O)c1ccc(COc2cccc(Cl)c2Cl)o1. The number of amides is 2. The largest absolute Gasteiger partial charge is 0.484 e. The average Bonchev–Trinajstić information content (AvgIpc) is 3.29. The summed E-state index contributed by atoms with van der Waals surface area (Å²) in [5.41, 5.74) is 0.371. The molecule has 0 saturated heterocycles. The number of aromatic nitrogens is 2. The molecule has 146 valence electrons. The van der Waals surface area contributed by atoms with Crippen molar-refractivity contribution >= 4 is 40.7 Å². The zero-order valence-electron chi connectivity index (χ0n) is 15.0. The Labute approximate surface area is 170 Å². The van der Waals surface area contributed by atoms with Crippen molar-refractivity contribution < 1.29 is 18.7 Å². The molecule has 10 heteroatoms. The molecule has 0 fully saturated rings. The van der Waals surface area contributed by atoms with Crippen LogP contribution >= 0.6 is 23.2 Å². The van der Waals surface area contributed by atoms with E-state index in [2.05, 4.69) is 15.7 Å². The molecule has 28 heavy (non-hydrogen) atoms. The highest BCUT2D eigenvalue weighted by Gasteiger charge is 2.19. The van der Waals surface area contributed by atoms with E-state index in [0.717, 1.165) is 0 Å². The topological polar surface area (TPSA) is 98.4 Å². The van der Waals surface area contributed by atoms with Gasteiger partial charge in [0.15, 0.2) is 11.5 Å². The normalized spacial score (nSPS) is 10.6. The van der Waals surface area contributed by atoms with Gasteiger partial charge in [-0.15, -0.1) is 0 Å². The van der Waals surface area contributed by atoms with Crippen LogP contribution < -0.4 is 15.4 Å². The van der Waals surface area contributed by atoms with Crippen LogP contribution in [0.4, 0.5) is 5.69 Å². The van der Waals surface area contributed by atoms with Crippen molar-refractivity contribution in [2.24, 2.45) is 7.05 Å². The Morgan fingerprint density at radius 2 is 2.00 bits per heavy atom. The second-order valence-corrected chi connectivity index (χ2v) is 6.49. The number of carbonyl (C=O) groups excluding carboxylic acids is 2. The first-order chi connectivity index (χ1) is 13.4. The van der Waals surface area contributed by atoms with Gasteiger partial charge in [-0.2, -0.15) is 5.10 Å². The first-order valence-electron chi connectivity index (χ1n) is 8.11. The van der Waals surface area contributed by atoms with Crippen molar-refractivity contribution in [1.29, 1.82) is 0 Å². The molecule has 0 bridgehead atoms. The van der Waals surface area contributed by atoms with E-state index in [1.807, 2.05) is 0 Å². The maximum absolute atomic E-state index is 12.4. The number of hydrogen-bond acceptors (Lipinski definition) is 5. The van der Waals surface area contributed by atoms with Gasteiger partial charge < -0.3 is 19.8 Å². The van der Waals surface area contributed by atoms with Crippen LogP contribution in [0.5, 0.6) is 5.75 Å². The lowest BCUT2D eigenvalue weighted by atomic mass is 10.3. The van der Waals surface area contributed by atoms with Gasteiger partial charge in [0.2, 0.25) is 0 Å². The molecule has 0 atom stereocenters. The summed E-state index contributed by atoms with van der Waals surface area (Å²) in [5.74, 6) is -0.0587. The third-order valence-electron chi connectivity index (χ3n) is 3.69. The molecular formula is C18H16Cl2N4O4. The Bertz CT molecular complexity index is 1030. The lowest BCUT2D eigenvalue weighted by Gasteiger charge is -2.07. The summed E-state index contributed by atoms with van der Waals surface area (Å²) in [6, 6.07) is 8.15. The first-order valence-corrected chi connectivity index (χ1v) is 8.87. The summed E-state index contributed by atoms with van der Waals surface area (Å²) >= 11 is 12.0. The maximum Gasteiger partial charge on any atom is 0.291 e. The van der Waals surface area contributed by atoms with E-state index in [9.17, 15) is 9.59 Å². The lowest BCUT2D eigenvalue weighted by molar-refractivity contribution is 0.0958. The van der Waals surface area contributed by atoms with Crippen molar-refractivity contribution in [1.82, 2.24) is 15.1 Å². The number of benzene rings is 1. The Morgan fingerprint density at radius 1 is 1.21 bits per heavy atom. The molecule has 0 spiro atoms. The summed E-state index contributed by atoms with van der Waals surface area (Å²) < 4.78 is 12.5. The highest BCUT2D eigenvalue weighted by atomic mass is 35.5. The Morgan fingerprint density at radius 3 is 2.75 bits per heavy atom. The average molecular weight is 423 g/mol. The predicted octanol–water partition coefficient (Wildman–Crippen LogP) is 3.51. The number of hydrogen-bond donors (Lipinski definition) is 2. The van der Waals surface area contributed by atoms with E-state index in [1.165, 1.54) is 24.0 Å². The molecule has 2 aromatic heterocycles. The van der Waals surface area contributed by atoms with Gasteiger partial charge in [-0.25, -0.2) is 0 Å². The van der Waals surface area contributed by atoms with Crippen LogP contribution in [0.1, 0.15) is 26.8 Å². The zero-order valence-corrected chi connectivity index (χ0v) is 16.5. The molecule has 3 aromatic rings. The van der Waals surface area contributed by atoms with Gasteiger partial charge in [-0.05, 0) is 24.3 Å². The Kier molecular flexibility index (Phi) is 5.91. The highest BCUT2D eigenvalue weighted by molar-refractivity contribution is 6.42. The van der Waals surface area contributed by atoms with E-state index >= 15 is 0 Å². The monoisotopic (exact) mass is 422 g/mol. The van der Waals surface area contributed by atoms with Gasteiger partial charge in [-0.1, -0.05) is 29.3 Å². The minimum Gasteiger partial charge on any atom is -0.484 e. The van der Waals surface area contributed by atoms with Crippen LogP contribution in [0.3, 0.4) is 0 Å². The number of nitrogens with one attached hydrogen (secondary N) is 2. The number of rotatable bonds is 6. The van der Waals surface area contributed by atoms with E-state index in [-0.39, 0.29) is 23.7 Å². The van der Waals surface area contributed by atoms with Crippen LogP contribution in [-0.4, -0.2) is 28.6 Å². The van der Waals surface area contributed by atoms with Gasteiger partial charge in [0.05, 0.1) is 10.7 Å². The molecule has 2 N–H and O–H groups in total. The predicted molar refractivity (Wildman–Crippen MR) is 104 cm³/mol. The molecule has 0 saturated carbocycles. The number of nitrogens with zero attached hydrogens (tertiary/aromatic N) is 2. The molecule has 8 nitrogen and oxygen atoms in total. The van der Waals surface area contributed by atoms with Crippen molar-refractivity contribution in [2.45, 2.75) is 6.61 Å². The third-order valence-corrected chi connectivity index (χ3v) is 4.49. The van der Waals surface area contributed by atoms with Crippen molar-refractivity contribution in [3.05, 3.63) is 63.8 Å². The lowest BCUT2D eigenvalue weighted by Crippen LogP contribution is -2.21. The van der Waals surface area contributed by atoms with Gasteiger partial charge >= 0.3 is 0 Å². The van der Waals surface area contributed by atoms with Crippen molar-refractivity contribution in [2.75, 3.05) is 12.4 Å². The van der Waals surface area contributed by atoms with Gasteiger partial charge in [0.1, 0.15) is 23.1 Å². The molecule has 2 heterocycles. The number of carbonyl (C=O) groups is 2. The highest BCUT2D eigenvalue weighted by Crippen LogP contribution is 2.32. The van der Waals surface area contributed by atoms with Crippen molar-refractivity contribution in [3.63, 3.8) is 0 Å². The van der Waals surface area contributed by atoms with Gasteiger partial charge in [-0.3, -0.25) is 14.3 Å². The minimum absolute atomic E-state index is 0.0579. The summed E-state index contributed by atoms with van der Waals surface area (Å²) in [5, 5.41) is 9.78. The molecule has 0 unspecified atom stereocenters. The molecule has 0 radical (unpaired) electrons. The van der Waals surface area contributed by atoms with Crippen molar-refractivity contribution in [3.8, 4) is 5.75 Å². The van der Waals surface area contributed by atoms with Crippen LogP contribution in [-0.2, 0) is 13.7 Å². The van der Waals surface area contributed by atoms with Crippen LogP contribution in [0.25, 0.3) is 0 Å². The number of furan rings is 1. The van der Waals surface area contributed by atoms with Gasteiger partial charge in [0, 0.05) is 20.3 Å². The van der Waals surface area contributed by atoms with Crippen LogP contribution in [0.15, 0.2) is 40.9 Å². The van der Waals surface area contributed by atoms with E-state index in [1.54, 1.807) is 31.3 Å². The number of halogens is 2. The summed E-state index contributed by atoms with van der Waals surface area (Å²) in [6.45, 7) is 0.0593. The molecule has 0 aliphatic heterocycles. The molecule has 1 aromatic carbocycles. The second kappa shape index (κ2) is 8.37. The second-order valence-electron chi connectivity index (χ2n) is 5.70. The molecule has 2 amide bonds. The fourth-order valence-electron chi connectivity index (χ4n) is 2.37. The molecule has 0 aliphatic rings. The van der Waals surface area contributed by atoms with E-state index < -0.39 is 11.8 Å². The molecule has 0 aliphatic carbocycles. The first kappa shape index (κ1) is 19.8. The third kappa shape index (κ3) is 4.29. The number of ether oxygens (including phenoxy) is 1. The number of anilines is 1. The standard InChI is InChI=1S/C18H16Cl2N4O4/c1-21-18(26)16-12(8-24(2)23-16)22-17(25)14-7-6-10(28-14)9-27-13-5-3-4-11(19)15(13)20/h3-8H,9H2,1-2H3,(H,21,26)(H,22,25). The number of aryl methyl sites for hydroxylation is 1. The quantitative estimate of drug-likeness (QED) is 0.633. The fraction of sp³-hybridized carbons (Fsp3) is 0.167. The van der Waals surface area contributed by atoms with Crippen LogP contribution in [0, 0.1) is 0 Å². The van der Waals surface area contributed by atoms with E-state index in [4.69, 9.17) is 32.4 Å². The van der Waals surface area contributed by atoms with Crippen LogP contribution in [0.2, 0.25) is 10.0 Å². The maximum atomic E-state index is 12.4. The summed E-state index contributed by atoms with van der Waals surface area (Å²) in [7, 11) is 3.12. The fourth-order valence-corrected chi connectivity index (χ4v) is 2.72. The Hall–Kier alpha value is -2.97.